The normalized spacial score (nSPS) is 30.8. The maximum atomic E-state index is 7.58. The van der Waals surface area contributed by atoms with Crippen LogP contribution in [0.1, 0.15) is 48.3 Å². The van der Waals surface area contributed by atoms with Gasteiger partial charge in [-0.1, -0.05) is 36.5 Å². The van der Waals surface area contributed by atoms with Gasteiger partial charge in [0.05, 0.1) is 0 Å². The van der Waals surface area contributed by atoms with Crippen molar-refractivity contribution in [1.82, 2.24) is 4.98 Å². The van der Waals surface area contributed by atoms with Crippen LogP contribution in [0.5, 0.6) is 0 Å². The average molecular weight is 240 g/mol. The predicted octanol–water partition coefficient (Wildman–Crippen LogP) is 3.45. The minimum absolute atomic E-state index is 0.144. The van der Waals surface area contributed by atoms with Crippen molar-refractivity contribution < 1.29 is 16.4 Å². The summed E-state index contributed by atoms with van der Waals surface area (Å²) in [6.45, 7) is -12.9. The van der Waals surface area contributed by atoms with Crippen LogP contribution in [0.25, 0.3) is 0 Å². The molecule has 1 aromatic heterocycles. The molecular weight excluding hydrogens is 214 g/mol. The zero-order chi connectivity index (χ0) is 19.4. The van der Waals surface area contributed by atoms with E-state index < -0.39 is 38.5 Å². The molecule has 66 valence electrons. The van der Waals surface area contributed by atoms with Crippen LogP contribution in [0.3, 0.4) is 0 Å². The van der Waals surface area contributed by atoms with E-state index in [1.807, 2.05) is 0 Å². The summed E-state index contributed by atoms with van der Waals surface area (Å²) in [5.41, 5.74) is -4.30. The minimum atomic E-state index is -3.45. The monoisotopic (exact) mass is 239 g/mol. The van der Waals surface area contributed by atoms with Crippen LogP contribution in [0, 0.1) is 6.85 Å². The van der Waals surface area contributed by atoms with Crippen molar-refractivity contribution in [3.05, 3.63) is 28.0 Å². The highest BCUT2D eigenvalue weighted by Gasteiger charge is 2.15. The first-order valence-electron chi connectivity index (χ1n) is 9.04. The fourth-order valence-corrected chi connectivity index (χ4v) is 0.955. The number of nitrogens with zero attached hydrogens (tertiary/aromatic N) is 1. The zero-order valence-corrected chi connectivity index (χ0v) is 7.57. The molecule has 0 bridgehead atoms. The van der Waals surface area contributed by atoms with Crippen molar-refractivity contribution in [2.24, 2.45) is 0 Å². The number of hydrogen-bond acceptors (Lipinski definition) is 1. The summed E-state index contributed by atoms with van der Waals surface area (Å²) in [7, 11) is 0. The summed E-state index contributed by atoms with van der Waals surface area (Å²) in [6.07, 6.45) is 0.768. The third kappa shape index (κ3) is 2.07. The topological polar surface area (TPSA) is 12.9 Å². The van der Waals surface area contributed by atoms with E-state index in [1.54, 1.807) is 0 Å². The van der Waals surface area contributed by atoms with Crippen molar-refractivity contribution >= 4 is 15.9 Å². The summed E-state index contributed by atoms with van der Waals surface area (Å²) in [6, 6.07) is 0.840. The highest BCUT2D eigenvalue weighted by molar-refractivity contribution is 9.10. The van der Waals surface area contributed by atoms with Crippen LogP contribution < -0.4 is 0 Å². The van der Waals surface area contributed by atoms with Gasteiger partial charge in [0.25, 0.3) is 0 Å². The first kappa shape index (κ1) is 2.35. The van der Waals surface area contributed by atoms with Gasteiger partial charge in [-0.25, -0.2) is 0 Å². The molecule has 0 saturated carbocycles. The van der Waals surface area contributed by atoms with E-state index in [4.69, 9.17) is 16.4 Å². The molecular formula is C10H14BrN. The van der Waals surface area contributed by atoms with Crippen LogP contribution >= 0.6 is 15.9 Å². The highest BCUT2D eigenvalue weighted by atomic mass is 79.9. The molecule has 0 atom stereocenters. The summed E-state index contributed by atoms with van der Waals surface area (Å²) >= 11 is 2.92. The summed E-state index contributed by atoms with van der Waals surface area (Å²) in [4.78, 5) is 3.61. The SMILES string of the molecule is [2H]C([2H])([2H])c1cnc(C(C([2H])([2H])[2H])(C([2H])([2H])[2H])C([2H])([2H])[2H])cc1Br. The molecule has 0 aromatic carbocycles. The Morgan fingerprint density at radius 3 is 2.75 bits per heavy atom. The van der Waals surface area contributed by atoms with E-state index in [0.29, 0.717) is 0 Å². The van der Waals surface area contributed by atoms with Gasteiger partial charge in [-0.15, -0.1) is 0 Å². The third-order valence-electron chi connectivity index (χ3n) is 1.24. The summed E-state index contributed by atoms with van der Waals surface area (Å²) in [5, 5.41) is 0. The fraction of sp³-hybridized carbons (Fsp3) is 0.500. The lowest BCUT2D eigenvalue weighted by atomic mass is 9.91. The molecule has 1 heterocycles. The second-order valence-corrected chi connectivity index (χ2v) is 3.15. The molecule has 0 spiro atoms. The van der Waals surface area contributed by atoms with Crippen LogP contribution in [0.15, 0.2) is 16.7 Å². The quantitative estimate of drug-likeness (QED) is 0.676. The number of hydrogen-bond donors (Lipinski definition) is 0. The molecule has 0 aliphatic heterocycles. The van der Waals surface area contributed by atoms with Crippen LogP contribution in [0.2, 0.25) is 0 Å². The lowest BCUT2D eigenvalue weighted by molar-refractivity contribution is 0.568. The standard InChI is InChI=1S/C10H14BrN/c1-7-6-12-9(5-8(7)11)10(2,3)4/h5-6H,1-4H3/i1D3,2D3,3D3,4D3. The first-order valence-corrected chi connectivity index (χ1v) is 3.83. The fourth-order valence-electron chi connectivity index (χ4n) is 0.636. The number of rotatable bonds is 0. The van der Waals surface area contributed by atoms with E-state index in [-0.39, 0.29) is 10.0 Å². The molecule has 2 heteroatoms. The molecule has 0 saturated heterocycles. The van der Waals surface area contributed by atoms with Crippen LogP contribution in [0.4, 0.5) is 0 Å². The Balaban J connectivity index is 3.86. The van der Waals surface area contributed by atoms with E-state index in [2.05, 4.69) is 20.9 Å². The molecule has 0 unspecified atom stereocenters. The van der Waals surface area contributed by atoms with Gasteiger partial charge in [0.2, 0.25) is 0 Å². The van der Waals surface area contributed by atoms with Gasteiger partial charge in [-0.05, 0) is 18.5 Å². The summed E-state index contributed by atoms with van der Waals surface area (Å²) < 4.78 is 90.1. The highest BCUT2D eigenvalue weighted by Crippen LogP contribution is 2.24. The molecule has 0 fully saturated rings. The van der Waals surface area contributed by atoms with Crippen molar-refractivity contribution in [3.63, 3.8) is 0 Å². The van der Waals surface area contributed by atoms with E-state index in [9.17, 15) is 0 Å². The molecule has 1 nitrogen and oxygen atoms in total. The number of aromatic nitrogens is 1. The Morgan fingerprint density at radius 2 is 2.25 bits per heavy atom. The molecule has 1 rings (SSSR count). The van der Waals surface area contributed by atoms with E-state index >= 15 is 0 Å². The van der Waals surface area contributed by atoms with Crippen molar-refractivity contribution in [3.8, 4) is 0 Å². The smallest absolute Gasteiger partial charge is 0.0468 e. The van der Waals surface area contributed by atoms with Crippen LogP contribution in [-0.2, 0) is 5.41 Å². The average Bonchev–Trinajstić information content (AvgIpc) is 2.20. The second-order valence-electron chi connectivity index (χ2n) is 2.30. The Labute approximate surface area is 99.2 Å². The van der Waals surface area contributed by atoms with E-state index in [1.165, 1.54) is 0 Å². The molecule has 0 N–H and O–H groups in total. The molecule has 1 aromatic rings. The molecule has 0 radical (unpaired) electrons. The number of pyridine rings is 1. The Kier molecular flexibility index (Phi) is 0.622. The maximum absolute atomic E-state index is 7.58. The molecule has 0 amide bonds. The first-order chi connectivity index (χ1) is 10.4. The lowest BCUT2D eigenvalue weighted by Crippen LogP contribution is -2.13. The Bertz CT molecular complexity index is 572. The Morgan fingerprint density at radius 1 is 1.50 bits per heavy atom. The van der Waals surface area contributed by atoms with Gasteiger partial charge >= 0.3 is 0 Å². The largest absolute Gasteiger partial charge is 0.260 e. The van der Waals surface area contributed by atoms with Gasteiger partial charge in [-0.2, -0.15) is 0 Å². The third-order valence-corrected chi connectivity index (χ3v) is 1.89. The zero-order valence-electron chi connectivity index (χ0n) is 18.0. The van der Waals surface area contributed by atoms with Gasteiger partial charge < -0.3 is 0 Å². The minimum Gasteiger partial charge on any atom is -0.260 e. The van der Waals surface area contributed by atoms with Gasteiger partial charge in [0, 0.05) is 38.2 Å². The van der Waals surface area contributed by atoms with Gasteiger partial charge in [0.15, 0.2) is 0 Å². The lowest BCUT2D eigenvalue weighted by Gasteiger charge is -2.17. The molecule has 0 aliphatic carbocycles. The molecule has 12 heavy (non-hydrogen) atoms. The number of halogens is 1. The van der Waals surface area contributed by atoms with Crippen LogP contribution in [-0.4, -0.2) is 4.98 Å². The number of aryl methyl sites for hydroxylation is 1. The van der Waals surface area contributed by atoms with Crippen molar-refractivity contribution in [2.75, 3.05) is 0 Å². The van der Waals surface area contributed by atoms with E-state index in [0.717, 1.165) is 12.3 Å². The Hall–Kier alpha value is -0.370. The van der Waals surface area contributed by atoms with Crippen molar-refractivity contribution in [1.29, 1.82) is 0 Å². The predicted molar refractivity (Wildman–Crippen MR) is 55.4 cm³/mol. The molecule has 0 aliphatic rings. The summed E-state index contributed by atoms with van der Waals surface area (Å²) in [5.74, 6) is 0. The second kappa shape index (κ2) is 3.17. The van der Waals surface area contributed by atoms with Gasteiger partial charge in [0.1, 0.15) is 0 Å². The van der Waals surface area contributed by atoms with Crippen molar-refractivity contribution in [2.45, 2.75) is 32.8 Å². The van der Waals surface area contributed by atoms with Gasteiger partial charge in [-0.3, -0.25) is 4.98 Å². The maximum Gasteiger partial charge on any atom is 0.0468 e.